The van der Waals surface area contributed by atoms with Gasteiger partial charge in [-0.15, -0.1) is 12.6 Å². The first-order chi connectivity index (χ1) is 12.1. The molecule has 3 unspecified atom stereocenters. The Hall–Kier alpha value is -2.14. The highest BCUT2D eigenvalue weighted by atomic mass is 32.1. The second kappa shape index (κ2) is 6.64. The number of nitrogen functional groups attached to an aromatic ring is 1. The lowest BCUT2D eigenvalue weighted by atomic mass is 9.95. The fourth-order valence-corrected chi connectivity index (χ4v) is 4.29. The van der Waals surface area contributed by atoms with Gasteiger partial charge in [-0.2, -0.15) is 0 Å². The number of furan rings is 1. The van der Waals surface area contributed by atoms with Crippen molar-refractivity contribution < 1.29 is 9.21 Å². The molecule has 1 heterocycles. The van der Waals surface area contributed by atoms with E-state index in [1.807, 2.05) is 36.4 Å². The zero-order valence-corrected chi connectivity index (χ0v) is 14.8. The van der Waals surface area contributed by atoms with Crippen molar-refractivity contribution in [3.05, 3.63) is 47.1 Å². The van der Waals surface area contributed by atoms with Gasteiger partial charge in [0.15, 0.2) is 0 Å². The topological polar surface area (TPSA) is 68.3 Å². The van der Waals surface area contributed by atoms with E-state index in [4.69, 9.17) is 10.2 Å². The van der Waals surface area contributed by atoms with Gasteiger partial charge in [0.25, 0.3) is 5.91 Å². The maximum absolute atomic E-state index is 12.4. The van der Waals surface area contributed by atoms with Crippen LogP contribution < -0.4 is 11.1 Å². The Bertz CT molecular complexity index is 809. The average molecular weight is 354 g/mol. The second-order valence-corrected chi connectivity index (χ2v) is 7.59. The van der Waals surface area contributed by atoms with E-state index < -0.39 is 0 Å². The van der Waals surface area contributed by atoms with Crippen LogP contribution in [-0.2, 0) is 4.79 Å². The Morgan fingerprint density at radius 3 is 2.64 bits per heavy atom. The van der Waals surface area contributed by atoms with Gasteiger partial charge in [-0.05, 0) is 73.6 Å². The number of fused-ring (bicyclic) bond motifs is 2. The lowest BCUT2D eigenvalue weighted by molar-refractivity contribution is -0.117. The SMILES string of the molecule is Nc1ccc(-c2ccc(/C=C(\S)C(=O)NC3CC4CCC3C4)o2)cc1. The molecule has 2 aliphatic rings. The Kier molecular flexibility index (Phi) is 4.34. The summed E-state index contributed by atoms with van der Waals surface area (Å²) in [7, 11) is 0. The number of amides is 1. The molecule has 25 heavy (non-hydrogen) atoms. The van der Waals surface area contributed by atoms with E-state index in [9.17, 15) is 4.79 Å². The fraction of sp³-hybridized carbons (Fsp3) is 0.350. The fourth-order valence-electron chi connectivity index (χ4n) is 4.10. The molecule has 0 aliphatic heterocycles. The first kappa shape index (κ1) is 16.3. The summed E-state index contributed by atoms with van der Waals surface area (Å²) in [6.45, 7) is 0. The molecule has 1 aromatic carbocycles. The van der Waals surface area contributed by atoms with Gasteiger partial charge in [-0.25, -0.2) is 0 Å². The molecule has 0 spiro atoms. The van der Waals surface area contributed by atoms with Crippen molar-refractivity contribution in [2.24, 2.45) is 11.8 Å². The third-order valence-electron chi connectivity index (χ3n) is 5.39. The van der Waals surface area contributed by atoms with Crippen LogP contribution in [0.15, 0.2) is 45.7 Å². The summed E-state index contributed by atoms with van der Waals surface area (Å²) in [5, 5.41) is 3.14. The van der Waals surface area contributed by atoms with Gasteiger partial charge in [0.05, 0.1) is 4.91 Å². The van der Waals surface area contributed by atoms with Crippen molar-refractivity contribution >= 4 is 30.3 Å². The summed E-state index contributed by atoms with van der Waals surface area (Å²) in [5.74, 6) is 2.68. The van der Waals surface area contributed by atoms with Crippen molar-refractivity contribution in [3.63, 3.8) is 0 Å². The minimum Gasteiger partial charge on any atom is -0.457 e. The molecule has 1 amide bonds. The number of rotatable bonds is 4. The Morgan fingerprint density at radius 2 is 1.96 bits per heavy atom. The minimum atomic E-state index is -0.119. The van der Waals surface area contributed by atoms with Crippen molar-refractivity contribution in [2.45, 2.75) is 31.7 Å². The van der Waals surface area contributed by atoms with E-state index in [0.717, 1.165) is 23.7 Å². The van der Waals surface area contributed by atoms with Gasteiger partial charge in [0.2, 0.25) is 0 Å². The lowest BCUT2D eigenvalue weighted by Gasteiger charge is -2.22. The highest BCUT2D eigenvalue weighted by Crippen LogP contribution is 2.44. The maximum atomic E-state index is 12.4. The summed E-state index contributed by atoms with van der Waals surface area (Å²) >= 11 is 4.36. The molecule has 2 aliphatic carbocycles. The van der Waals surface area contributed by atoms with E-state index >= 15 is 0 Å². The van der Waals surface area contributed by atoms with Gasteiger partial charge in [0.1, 0.15) is 11.5 Å². The number of carbonyl (C=O) groups is 1. The molecule has 0 saturated heterocycles. The van der Waals surface area contributed by atoms with Gasteiger partial charge < -0.3 is 15.5 Å². The summed E-state index contributed by atoms with van der Waals surface area (Å²) in [6, 6.07) is 11.5. The largest absolute Gasteiger partial charge is 0.457 e. The summed E-state index contributed by atoms with van der Waals surface area (Å²) in [5.41, 5.74) is 7.36. The van der Waals surface area contributed by atoms with Gasteiger partial charge in [-0.1, -0.05) is 6.42 Å². The van der Waals surface area contributed by atoms with Gasteiger partial charge in [-0.3, -0.25) is 4.79 Å². The third kappa shape index (κ3) is 3.47. The van der Waals surface area contributed by atoms with E-state index in [1.165, 1.54) is 19.3 Å². The molecule has 2 saturated carbocycles. The smallest absolute Gasteiger partial charge is 0.257 e. The highest BCUT2D eigenvalue weighted by molar-refractivity contribution is 7.85. The number of nitrogens with one attached hydrogen (secondary N) is 1. The molecule has 3 atom stereocenters. The van der Waals surface area contributed by atoms with Crippen LogP contribution in [0, 0.1) is 11.8 Å². The maximum Gasteiger partial charge on any atom is 0.257 e. The van der Waals surface area contributed by atoms with Crippen LogP contribution in [0.2, 0.25) is 0 Å². The quantitative estimate of drug-likeness (QED) is 0.440. The number of hydrogen-bond acceptors (Lipinski definition) is 4. The molecule has 4 nitrogen and oxygen atoms in total. The molecular weight excluding hydrogens is 332 g/mol. The Morgan fingerprint density at radius 1 is 1.16 bits per heavy atom. The summed E-state index contributed by atoms with van der Waals surface area (Å²) in [6.07, 6.45) is 6.61. The molecule has 130 valence electrons. The zero-order valence-electron chi connectivity index (χ0n) is 13.9. The van der Waals surface area contributed by atoms with Crippen LogP contribution in [0.3, 0.4) is 0 Å². The Labute approximate surface area is 152 Å². The molecule has 2 aromatic rings. The molecule has 0 radical (unpaired) electrons. The van der Waals surface area contributed by atoms with Gasteiger partial charge >= 0.3 is 0 Å². The number of anilines is 1. The number of carbonyl (C=O) groups excluding carboxylic acids is 1. The van der Waals surface area contributed by atoms with Crippen molar-refractivity contribution in [2.75, 3.05) is 5.73 Å². The van der Waals surface area contributed by atoms with Crippen molar-refractivity contribution in [1.82, 2.24) is 5.32 Å². The highest BCUT2D eigenvalue weighted by Gasteiger charge is 2.40. The normalized spacial score (nSPS) is 25.3. The van der Waals surface area contributed by atoms with Gasteiger partial charge in [0, 0.05) is 17.3 Å². The van der Waals surface area contributed by atoms with Crippen LogP contribution in [-0.4, -0.2) is 11.9 Å². The molecule has 5 heteroatoms. The van der Waals surface area contributed by atoms with E-state index in [2.05, 4.69) is 17.9 Å². The first-order valence-electron chi connectivity index (χ1n) is 8.76. The molecule has 2 fully saturated rings. The van der Waals surface area contributed by atoms with Crippen LogP contribution >= 0.6 is 12.6 Å². The van der Waals surface area contributed by atoms with Crippen molar-refractivity contribution in [1.29, 1.82) is 0 Å². The van der Waals surface area contributed by atoms with Crippen LogP contribution in [0.1, 0.15) is 31.4 Å². The number of nitrogens with two attached hydrogens (primary N) is 1. The average Bonchev–Trinajstić information content (AvgIpc) is 3.32. The zero-order chi connectivity index (χ0) is 17.4. The predicted octanol–water partition coefficient (Wildman–Crippen LogP) is 4.10. The Balaban J connectivity index is 1.43. The molecule has 1 aromatic heterocycles. The van der Waals surface area contributed by atoms with E-state index in [1.54, 1.807) is 6.08 Å². The molecular formula is C20H22N2O2S. The number of hydrogen-bond donors (Lipinski definition) is 3. The molecule has 2 bridgehead atoms. The van der Waals surface area contributed by atoms with E-state index in [-0.39, 0.29) is 5.91 Å². The monoisotopic (exact) mass is 354 g/mol. The standard InChI is InChI=1S/C20H22N2O2S/c21-15-5-3-13(4-6-15)18-8-7-16(24-18)11-19(25)20(23)22-17-10-12-1-2-14(17)9-12/h3-8,11-12,14,17,25H,1-2,9-10,21H2,(H,22,23)/b19-11-. The first-order valence-corrected chi connectivity index (χ1v) is 9.20. The van der Waals surface area contributed by atoms with Crippen LogP contribution in [0.4, 0.5) is 5.69 Å². The van der Waals surface area contributed by atoms with E-state index in [0.29, 0.717) is 28.3 Å². The third-order valence-corrected chi connectivity index (χ3v) is 5.72. The molecule has 4 rings (SSSR count). The van der Waals surface area contributed by atoms with Crippen LogP contribution in [0.25, 0.3) is 17.4 Å². The lowest BCUT2D eigenvalue weighted by Crippen LogP contribution is -2.38. The molecule has 3 N–H and O–H groups in total. The second-order valence-electron chi connectivity index (χ2n) is 7.11. The number of thiol groups is 1. The minimum absolute atomic E-state index is 0.119. The van der Waals surface area contributed by atoms with Crippen molar-refractivity contribution in [3.8, 4) is 11.3 Å². The summed E-state index contributed by atoms with van der Waals surface area (Å²) in [4.78, 5) is 12.8. The summed E-state index contributed by atoms with van der Waals surface area (Å²) < 4.78 is 5.80. The van der Waals surface area contributed by atoms with Crippen LogP contribution in [0.5, 0.6) is 0 Å². The predicted molar refractivity (Wildman–Crippen MR) is 103 cm³/mol. The number of benzene rings is 1.